The van der Waals surface area contributed by atoms with E-state index < -0.39 is 23.7 Å². The van der Waals surface area contributed by atoms with Gasteiger partial charge in [0.05, 0.1) is 5.54 Å². The molecule has 0 aliphatic heterocycles. The average Bonchev–Trinajstić information content (AvgIpc) is 2.26. The van der Waals surface area contributed by atoms with Crippen molar-refractivity contribution >= 4 is 11.8 Å². The fourth-order valence-corrected chi connectivity index (χ4v) is 1.46. The van der Waals surface area contributed by atoms with Crippen molar-refractivity contribution in [3.63, 3.8) is 0 Å². The summed E-state index contributed by atoms with van der Waals surface area (Å²) in [6.45, 7) is 6.50. The summed E-state index contributed by atoms with van der Waals surface area (Å²) in [5, 5.41) is 2.52. The molecule has 0 saturated heterocycles. The Morgan fingerprint density at radius 2 is 1.70 bits per heavy atom. The first-order chi connectivity index (χ1) is 9.02. The highest BCUT2D eigenvalue weighted by atomic mass is 19.3. The van der Waals surface area contributed by atoms with Crippen LogP contribution in [0, 0.1) is 0 Å². The van der Waals surface area contributed by atoms with Gasteiger partial charge in [-0.05, 0) is 45.4 Å². The van der Waals surface area contributed by atoms with E-state index in [9.17, 15) is 13.6 Å². The first kappa shape index (κ1) is 16.4. The summed E-state index contributed by atoms with van der Waals surface area (Å²) in [7, 11) is 0. The van der Waals surface area contributed by atoms with Crippen molar-refractivity contribution < 1.29 is 18.3 Å². The van der Waals surface area contributed by atoms with Gasteiger partial charge in [-0.25, -0.2) is 13.6 Å². The van der Waals surface area contributed by atoms with E-state index in [0.29, 0.717) is 11.3 Å². The lowest BCUT2D eigenvalue weighted by Gasteiger charge is -2.24. The van der Waals surface area contributed by atoms with E-state index in [4.69, 9.17) is 10.5 Å². The minimum absolute atomic E-state index is 0.294. The van der Waals surface area contributed by atoms with Gasteiger partial charge in [-0.2, -0.15) is 0 Å². The van der Waals surface area contributed by atoms with Gasteiger partial charge in [0.1, 0.15) is 5.60 Å². The van der Waals surface area contributed by atoms with Gasteiger partial charge in [0, 0.05) is 5.69 Å². The Bertz CT molecular complexity index is 465. The number of halogens is 2. The number of amides is 1. The Morgan fingerprint density at radius 1 is 1.20 bits per heavy atom. The van der Waals surface area contributed by atoms with Gasteiger partial charge in [0.2, 0.25) is 0 Å². The summed E-state index contributed by atoms with van der Waals surface area (Å²) in [5.74, 6) is 0. The van der Waals surface area contributed by atoms with Gasteiger partial charge in [0.15, 0.2) is 0 Å². The molecule has 0 fully saturated rings. The lowest BCUT2D eigenvalue weighted by molar-refractivity contribution is 0.0621. The second-order valence-electron chi connectivity index (χ2n) is 5.79. The monoisotopic (exact) mass is 286 g/mol. The first-order valence-electron chi connectivity index (χ1n) is 6.20. The Kier molecular flexibility index (Phi) is 4.70. The summed E-state index contributed by atoms with van der Waals surface area (Å²) in [6, 6.07) is 5.93. The molecule has 4 nitrogen and oxygen atoms in total. The molecule has 1 rings (SSSR count). The third-order valence-electron chi connectivity index (χ3n) is 2.61. The summed E-state index contributed by atoms with van der Waals surface area (Å²) >= 11 is 0. The molecular formula is C14H20F2N2O2. The molecule has 0 aliphatic rings. The summed E-state index contributed by atoms with van der Waals surface area (Å²) < 4.78 is 30.6. The largest absolute Gasteiger partial charge is 0.444 e. The molecule has 0 heterocycles. The maximum absolute atomic E-state index is 12.8. The SMILES string of the molecule is CC(C)(C)OC(=O)Nc1ccc(C(C)(N)C(F)F)cc1. The number of hydrogen-bond donors (Lipinski definition) is 2. The average molecular weight is 286 g/mol. The number of benzene rings is 1. The third kappa shape index (κ3) is 4.45. The standard InChI is InChI=1S/C14H20F2N2O2/c1-13(2,3)20-12(19)18-10-7-5-9(6-8-10)14(4,17)11(15)16/h5-8,11H,17H2,1-4H3,(H,18,19). The fraction of sp³-hybridized carbons (Fsp3) is 0.500. The fourth-order valence-electron chi connectivity index (χ4n) is 1.46. The molecule has 1 amide bonds. The normalized spacial score (nSPS) is 14.8. The first-order valence-corrected chi connectivity index (χ1v) is 6.20. The number of nitrogens with two attached hydrogens (primary N) is 1. The van der Waals surface area contributed by atoms with Crippen LogP contribution in [0.5, 0.6) is 0 Å². The summed E-state index contributed by atoms with van der Waals surface area (Å²) in [6.07, 6.45) is -3.28. The zero-order valence-corrected chi connectivity index (χ0v) is 12.0. The van der Waals surface area contributed by atoms with Crippen LogP contribution in [0.3, 0.4) is 0 Å². The van der Waals surface area contributed by atoms with E-state index in [-0.39, 0.29) is 0 Å². The minimum Gasteiger partial charge on any atom is -0.444 e. The number of carbonyl (C=O) groups excluding carboxylic acids is 1. The van der Waals surface area contributed by atoms with Crippen LogP contribution < -0.4 is 11.1 Å². The highest BCUT2D eigenvalue weighted by Gasteiger charge is 2.32. The number of ether oxygens (including phenoxy) is 1. The minimum atomic E-state index is -2.67. The molecule has 0 bridgehead atoms. The smallest absolute Gasteiger partial charge is 0.412 e. The highest BCUT2D eigenvalue weighted by Crippen LogP contribution is 2.26. The van der Waals surface area contributed by atoms with Gasteiger partial charge in [-0.3, -0.25) is 5.32 Å². The lowest BCUT2D eigenvalue weighted by atomic mass is 9.94. The van der Waals surface area contributed by atoms with Gasteiger partial charge in [0.25, 0.3) is 6.43 Å². The van der Waals surface area contributed by atoms with Gasteiger partial charge >= 0.3 is 6.09 Å². The van der Waals surface area contributed by atoms with E-state index in [0.717, 1.165) is 0 Å². The highest BCUT2D eigenvalue weighted by molar-refractivity contribution is 5.84. The van der Waals surface area contributed by atoms with Crippen LogP contribution in [0.15, 0.2) is 24.3 Å². The van der Waals surface area contributed by atoms with Crippen LogP contribution >= 0.6 is 0 Å². The Balaban J connectivity index is 2.75. The number of alkyl halides is 2. The van der Waals surface area contributed by atoms with Gasteiger partial charge < -0.3 is 10.5 Å². The molecule has 0 saturated carbocycles. The van der Waals surface area contributed by atoms with Crippen LogP contribution in [0.25, 0.3) is 0 Å². The molecule has 1 atom stereocenters. The molecule has 0 spiro atoms. The van der Waals surface area contributed by atoms with E-state index >= 15 is 0 Å². The van der Waals surface area contributed by atoms with E-state index in [2.05, 4.69) is 5.32 Å². The molecule has 3 N–H and O–H groups in total. The molecule has 1 unspecified atom stereocenters. The van der Waals surface area contributed by atoms with Crippen LogP contribution in [0.4, 0.5) is 19.3 Å². The van der Waals surface area contributed by atoms with E-state index in [1.165, 1.54) is 31.2 Å². The number of hydrogen-bond acceptors (Lipinski definition) is 3. The molecule has 0 radical (unpaired) electrons. The van der Waals surface area contributed by atoms with Crippen LogP contribution in [-0.2, 0) is 10.3 Å². The summed E-state index contributed by atoms with van der Waals surface area (Å²) in [5.41, 5.74) is 3.98. The number of rotatable bonds is 3. The number of anilines is 1. The zero-order valence-electron chi connectivity index (χ0n) is 12.0. The van der Waals surface area contributed by atoms with Crippen LogP contribution in [0.2, 0.25) is 0 Å². The number of nitrogens with one attached hydrogen (secondary N) is 1. The van der Waals surface area contributed by atoms with Crippen molar-refractivity contribution in [2.75, 3.05) is 5.32 Å². The Labute approximate surface area is 117 Å². The molecule has 6 heteroatoms. The Hall–Kier alpha value is -1.69. The quantitative estimate of drug-likeness (QED) is 0.894. The molecule has 1 aromatic rings. The van der Waals surface area contributed by atoms with E-state index in [1.54, 1.807) is 20.8 Å². The Morgan fingerprint density at radius 3 is 2.10 bits per heavy atom. The maximum atomic E-state index is 12.8. The second kappa shape index (κ2) is 5.75. The lowest BCUT2D eigenvalue weighted by Crippen LogP contribution is -2.40. The second-order valence-corrected chi connectivity index (χ2v) is 5.79. The number of carbonyl (C=O) groups is 1. The molecule has 20 heavy (non-hydrogen) atoms. The maximum Gasteiger partial charge on any atom is 0.412 e. The van der Waals surface area contributed by atoms with Crippen molar-refractivity contribution in [1.82, 2.24) is 0 Å². The topological polar surface area (TPSA) is 64.3 Å². The predicted octanol–water partition coefficient (Wildman–Crippen LogP) is 3.47. The van der Waals surface area contributed by atoms with Crippen LogP contribution in [-0.4, -0.2) is 18.1 Å². The summed E-state index contributed by atoms with van der Waals surface area (Å²) in [4.78, 5) is 11.5. The molecule has 0 aromatic heterocycles. The van der Waals surface area contributed by atoms with E-state index in [1.807, 2.05) is 0 Å². The van der Waals surface area contributed by atoms with Crippen molar-refractivity contribution in [3.05, 3.63) is 29.8 Å². The molecular weight excluding hydrogens is 266 g/mol. The van der Waals surface area contributed by atoms with Gasteiger partial charge in [-0.15, -0.1) is 0 Å². The predicted molar refractivity (Wildman–Crippen MR) is 73.8 cm³/mol. The van der Waals surface area contributed by atoms with Crippen molar-refractivity contribution in [2.24, 2.45) is 5.73 Å². The molecule has 0 aliphatic carbocycles. The van der Waals surface area contributed by atoms with Gasteiger partial charge in [-0.1, -0.05) is 12.1 Å². The molecule has 1 aromatic carbocycles. The van der Waals surface area contributed by atoms with Crippen molar-refractivity contribution in [1.29, 1.82) is 0 Å². The zero-order chi connectivity index (χ0) is 15.6. The van der Waals surface area contributed by atoms with Crippen molar-refractivity contribution in [2.45, 2.75) is 45.3 Å². The van der Waals surface area contributed by atoms with Crippen LogP contribution in [0.1, 0.15) is 33.3 Å². The third-order valence-corrected chi connectivity index (χ3v) is 2.61. The molecule has 112 valence electrons. The van der Waals surface area contributed by atoms with Crippen molar-refractivity contribution in [3.8, 4) is 0 Å².